The Labute approximate surface area is 192 Å². The zero-order chi connectivity index (χ0) is 22.8. The van der Waals surface area contributed by atoms with Crippen molar-refractivity contribution in [1.29, 1.82) is 0 Å². The lowest BCUT2D eigenvalue weighted by molar-refractivity contribution is -0.121. The van der Waals surface area contributed by atoms with Crippen LogP contribution in [0.1, 0.15) is 48.2 Å². The number of hydrogen-bond acceptors (Lipinski definition) is 6. The molecular weight excluding hydrogens is 428 g/mol. The van der Waals surface area contributed by atoms with E-state index < -0.39 is 0 Å². The molecule has 0 unspecified atom stereocenters. The van der Waals surface area contributed by atoms with E-state index >= 15 is 0 Å². The predicted octanol–water partition coefficient (Wildman–Crippen LogP) is 2.86. The Hall–Kier alpha value is -2.78. The van der Waals surface area contributed by atoms with Gasteiger partial charge in [-0.3, -0.25) is 14.4 Å². The monoisotopic (exact) mass is 458 g/mol. The quantitative estimate of drug-likeness (QED) is 0.570. The summed E-state index contributed by atoms with van der Waals surface area (Å²) in [5, 5.41) is 7.99. The number of anilines is 1. The third kappa shape index (κ3) is 7.42. The molecule has 0 radical (unpaired) electrons. The number of amides is 3. The summed E-state index contributed by atoms with van der Waals surface area (Å²) in [7, 11) is 1.55. The standard InChI is InChI=1S/C23H30N4O4S/c1-31-13-12-27(22(30)17-8-4-2-5-9-17)15-21(29)26-23-25-19(16-32-23)14-20(28)24-18-10-6-3-7-11-18/h2,4-5,8-9,16,18H,3,6-7,10-15H2,1H3,(H,24,28)(H,25,26,29). The molecule has 8 nitrogen and oxygen atoms in total. The Bertz CT molecular complexity index is 896. The van der Waals surface area contributed by atoms with Gasteiger partial charge in [0.05, 0.1) is 18.7 Å². The van der Waals surface area contributed by atoms with Crippen molar-refractivity contribution < 1.29 is 19.1 Å². The van der Waals surface area contributed by atoms with Crippen LogP contribution >= 0.6 is 11.3 Å². The molecule has 9 heteroatoms. The molecule has 172 valence electrons. The van der Waals surface area contributed by atoms with Gasteiger partial charge < -0.3 is 20.3 Å². The largest absolute Gasteiger partial charge is 0.383 e. The summed E-state index contributed by atoms with van der Waals surface area (Å²) in [4.78, 5) is 43.4. The van der Waals surface area contributed by atoms with Gasteiger partial charge >= 0.3 is 0 Å². The highest BCUT2D eigenvalue weighted by molar-refractivity contribution is 7.13. The molecule has 3 amide bonds. The minimum absolute atomic E-state index is 0.0423. The van der Waals surface area contributed by atoms with Crippen molar-refractivity contribution in [3.05, 3.63) is 47.0 Å². The van der Waals surface area contributed by atoms with Gasteiger partial charge in [-0.05, 0) is 25.0 Å². The lowest BCUT2D eigenvalue weighted by Gasteiger charge is -2.22. The number of methoxy groups -OCH3 is 1. The number of rotatable bonds is 10. The van der Waals surface area contributed by atoms with E-state index in [0.717, 1.165) is 25.7 Å². The van der Waals surface area contributed by atoms with Crippen LogP contribution in [0.5, 0.6) is 0 Å². The number of benzene rings is 1. The van der Waals surface area contributed by atoms with Crippen molar-refractivity contribution in [1.82, 2.24) is 15.2 Å². The maximum atomic E-state index is 12.8. The zero-order valence-electron chi connectivity index (χ0n) is 18.3. The van der Waals surface area contributed by atoms with Crippen molar-refractivity contribution in [3.63, 3.8) is 0 Å². The van der Waals surface area contributed by atoms with Crippen LogP contribution in [0.3, 0.4) is 0 Å². The number of nitrogens with one attached hydrogen (secondary N) is 2. The second-order valence-corrected chi connectivity index (χ2v) is 8.72. The molecule has 1 aliphatic rings. The van der Waals surface area contributed by atoms with Crippen LogP contribution in [-0.2, 0) is 20.7 Å². The van der Waals surface area contributed by atoms with Gasteiger partial charge in [-0.25, -0.2) is 4.98 Å². The summed E-state index contributed by atoms with van der Waals surface area (Å²) >= 11 is 1.26. The number of thiazole rings is 1. The van der Waals surface area contributed by atoms with Gasteiger partial charge in [0.1, 0.15) is 6.54 Å². The van der Waals surface area contributed by atoms with Crippen molar-refractivity contribution >= 4 is 34.2 Å². The van der Waals surface area contributed by atoms with E-state index in [0.29, 0.717) is 29.5 Å². The SMILES string of the molecule is COCCN(CC(=O)Nc1nc(CC(=O)NC2CCCCC2)cs1)C(=O)c1ccccc1. The first-order chi connectivity index (χ1) is 15.5. The van der Waals surface area contributed by atoms with E-state index in [-0.39, 0.29) is 36.7 Å². The van der Waals surface area contributed by atoms with Gasteiger partial charge in [-0.2, -0.15) is 0 Å². The number of aromatic nitrogens is 1. The molecule has 32 heavy (non-hydrogen) atoms. The van der Waals surface area contributed by atoms with Crippen molar-refractivity contribution in [2.45, 2.75) is 44.6 Å². The van der Waals surface area contributed by atoms with E-state index in [1.807, 2.05) is 6.07 Å². The van der Waals surface area contributed by atoms with Crippen molar-refractivity contribution in [2.75, 3.05) is 32.1 Å². The molecule has 1 saturated carbocycles. The number of ether oxygens (including phenoxy) is 1. The van der Waals surface area contributed by atoms with E-state index in [1.165, 1.54) is 22.7 Å². The topological polar surface area (TPSA) is 101 Å². The van der Waals surface area contributed by atoms with E-state index in [9.17, 15) is 14.4 Å². The highest BCUT2D eigenvalue weighted by Gasteiger charge is 2.20. The minimum atomic E-state index is -0.349. The second-order valence-electron chi connectivity index (χ2n) is 7.86. The summed E-state index contributed by atoms with van der Waals surface area (Å²) in [5.74, 6) is -0.630. The van der Waals surface area contributed by atoms with E-state index in [1.54, 1.807) is 36.8 Å². The number of carbonyl (C=O) groups is 3. The van der Waals surface area contributed by atoms with Crippen LogP contribution < -0.4 is 10.6 Å². The molecule has 1 aromatic carbocycles. The zero-order valence-corrected chi connectivity index (χ0v) is 19.2. The molecule has 0 spiro atoms. The van der Waals surface area contributed by atoms with Crippen LogP contribution in [0.4, 0.5) is 5.13 Å². The summed E-state index contributed by atoms with van der Waals surface area (Å²) < 4.78 is 5.08. The normalized spacial score (nSPS) is 14.0. The predicted molar refractivity (Wildman–Crippen MR) is 124 cm³/mol. The third-order valence-electron chi connectivity index (χ3n) is 5.32. The smallest absolute Gasteiger partial charge is 0.254 e. The van der Waals surface area contributed by atoms with E-state index in [4.69, 9.17) is 4.74 Å². The van der Waals surface area contributed by atoms with Crippen LogP contribution in [0, 0.1) is 0 Å². The van der Waals surface area contributed by atoms with Crippen LogP contribution in [0.25, 0.3) is 0 Å². The average Bonchev–Trinajstić information content (AvgIpc) is 3.23. The first-order valence-corrected chi connectivity index (χ1v) is 11.8. The van der Waals surface area contributed by atoms with Gasteiger partial charge in [0.15, 0.2) is 5.13 Å². The molecule has 3 rings (SSSR count). The lowest BCUT2D eigenvalue weighted by Crippen LogP contribution is -2.40. The van der Waals surface area contributed by atoms with Crippen molar-refractivity contribution in [3.8, 4) is 0 Å². The van der Waals surface area contributed by atoms with Crippen LogP contribution in [-0.4, -0.2) is 60.5 Å². The Morgan fingerprint density at radius 2 is 1.88 bits per heavy atom. The van der Waals surface area contributed by atoms with Gasteiger partial charge in [-0.15, -0.1) is 11.3 Å². The molecule has 0 aliphatic heterocycles. The average molecular weight is 459 g/mol. The summed E-state index contributed by atoms with van der Waals surface area (Å²) in [6, 6.07) is 9.08. The van der Waals surface area contributed by atoms with Crippen molar-refractivity contribution in [2.24, 2.45) is 0 Å². The summed E-state index contributed by atoms with van der Waals surface area (Å²) in [6.07, 6.45) is 5.81. The fourth-order valence-corrected chi connectivity index (χ4v) is 4.41. The highest BCUT2D eigenvalue weighted by atomic mass is 32.1. The Balaban J connectivity index is 1.52. The molecule has 2 N–H and O–H groups in total. The van der Waals surface area contributed by atoms with Gasteiger partial charge in [0.25, 0.3) is 5.91 Å². The fraction of sp³-hybridized carbons (Fsp3) is 0.478. The van der Waals surface area contributed by atoms with Gasteiger partial charge in [0, 0.05) is 30.6 Å². The summed E-state index contributed by atoms with van der Waals surface area (Å²) in [5.41, 5.74) is 1.13. The Morgan fingerprint density at radius 3 is 2.59 bits per heavy atom. The lowest BCUT2D eigenvalue weighted by atomic mass is 9.95. The number of carbonyl (C=O) groups excluding carboxylic acids is 3. The fourth-order valence-electron chi connectivity index (χ4n) is 3.69. The third-order valence-corrected chi connectivity index (χ3v) is 6.12. The maximum Gasteiger partial charge on any atom is 0.254 e. The van der Waals surface area contributed by atoms with Crippen LogP contribution in [0.2, 0.25) is 0 Å². The molecule has 1 heterocycles. The number of nitrogens with zero attached hydrogens (tertiary/aromatic N) is 2. The highest BCUT2D eigenvalue weighted by Crippen LogP contribution is 2.19. The molecule has 1 aliphatic carbocycles. The molecule has 1 aromatic heterocycles. The second kappa shape index (κ2) is 12.3. The number of hydrogen-bond donors (Lipinski definition) is 2. The van der Waals surface area contributed by atoms with Crippen LogP contribution in [0.15, 0.2) is 35.7 Å². The van der Waals surface area contributed by atoms with Gasteiger partial charge in [-0.1, -0.05) is 37.5 Å². The van der Waals surface area contributed by atoms with Gasteiger partial charge in [0.2, 0.25) is 11.8 Å². The maximum absolute atomic E-state index is 12.8. The molecule has 0 saturated heterocycles. The molecular formula is C23H30N4O4S. The first-order valence-electron chi connectivity index (χ1n) is 10.9. The molecule has 0 atom stereocenters. The summed E-state index contributed by atoms with van der Waals surface area (Å²) in [6.45, 7) is 0.500. The molecule has 0 bridgehead atoms. The van der Waals surface area contributed by atoms with E-state index in [2.05, 4.69) is 15.6 Å². The first kappa shape index (κ1) is 23.9. The molecule has 1 fully saturated rings. The molecule has 2 aromatic rings. The minimum Gasteiger partial charge on any atom is -0.383 e. The Kier molecular flexibility index (Phi) is 9.18. The Morgan fingerprint density at radius 1 is 1.12 bits per heavy atom.